The Hall–Kier alpha value is -1.75. The lowest BCUT2D eigenvalue weighted by atomic mass is 10.2. The predicted molar refractivity (Wildman–Crippen MR) is 96.2 cm³/mol. The summed E-state index contributed by atoms with van der Waals surface area (Å²) in [4.78, 5) is 6.90. The van der Waals surface area contributed by atoms with Crippen LogP contribution in [-0.2, 0) is 11.3 Å². The summed E-state index contributed by atoms with van der Waals surface area (Å²) in [7, 11) is 3.76. The van der Waals surface area contributed by atoms with Crippen molar-refractivity contribution in [3.8, 4) is 5.75 Å². The van der Waals surface area contributed by atoms with Crippen molar-refractivity contribution in [3.05, 3.63) is 29.8 Å². The molecule has 0 aromatic heterocycles. The topological polar surface area (TPSA) is 46.1 Å². The van der Waals surface area contributed by atoms with Gasteiger partial charge in [-0.25, -0.2) is 4.99 Å². The van der Waals surface area contributed by atoms with Crippen LogP contribution in [0, 0.1) is 0 Å². The Labute approximate surface area is 140 Å². The maximum Gasteiger partial charge on any atom is 0.193 e. The second-order valence-corrected chi connectivity index (χ2v) is 5.43. The van der Waals surface area contributed by atoms with Crippen molar-refractivity contribution < 1.29 is 9.47 Å². The lowest BCUT2D eigenvalue weighted by Gasteiger charge is -2.21. The van der Waals surface area contributed by atoms with Crippen LogP contribution >= 0.6 is 0 Å². The molecule has 0 fully saturated rings. The van der Waals surface area contributed by atoms with Crippen molar-refractivity contribution in [3.63, 3.8) is 0 Å². The molecule has 0 radical (unpaired) electrons. The lowest BCUT2D eigenvalue weighted by Crippen LogP contribution is -2.39. The third kappa shape index (κ3) is 7.88. The number of guanidine groups is 1. The first-order chi connectivity index (χ1) is 11.2. The average Bonchev–Trinajstić information content (AvgIpc) is 2.58. The van der Waals surface area contributed by atoms with E-state index in [-0.39, 0.29) is 0 Å². The zero-order valence-corrected chi connectivity index (χ0v) is 15.0. The molecule has 0 saturated heterocycles. The molecule has 0 aliphatic carbocycles. The van der Waals surface area contributed by atoms with Gasteiger partial charge in [0.05, 0.1) is 13.2 Å². The maximum atomic E-state index is 5.57. The number of methoxy groups -OCH3 is 1. The zero-order valence-electron chi connectivity index (χ0n) is 15.0. The Morgan fingerprint density at radius 1 is 1.17 bits per heavy atom. The highest BCUT2D eigenvalue weighted by atomic mass is 16.5. The number of nitrogens with zero attached hydrogens (tertiary/aromatic N) is 2. The van der Waals surface area contributed by atoms with Gasteiger partial charge >= 0.3 is 0 Å². The van der Waals surface area contributed by atoms with Crippen molar-refractivity contribution in [1.29, 1.82) is 0 Å². The molecule has 0 aliphatic heterocycles. The summed E-state index contributed by atoms with van der Waals surface area (Å²) in [6.07, 6.45) is 2.36. The number of benzene rings is 1. The lowest BCUT2D eigenvalue weighted by molar-refractivity contribution is 0.146. The second-order valence-electron chi connectivity index (χ2n) is 5.43. The SMILES string of the molecule is CCCCN(C)C(=NCc1ccc(OCCOC)cc1)NCC. The quantitative estimate of drug-likeness (QED) is 0.409. The molecule has 0 unspecified atom stereocenters. The molecule has 1 aromatic carbocycles. The van der Waals surface area contributed by atoms with E-state index in [0.29, 0.717) is 19.8 Å². The number of hydrogen-bond acceptors (Lipinski definition) is 3. The Balaban J connectivity index is 2.57. The van der Waals surface area contributed by atoms with Gasteiger partial charge in [-0.1, -0.05) is 25.5 Å². The van der Waals surface area contributed by atoms with E-state index in [2.05, 4.69) is 43.2 Å². The number of nitrogens with one attached hydrogen (secondary N) is 1. The Bertz CT molecular complexity index is 446. The highest BCUT2D eigenvalue weighted by Crippen LogP contribution is 2.13. The van der Waals surface area contributed by atoms with Crippen LogP contribution in [0.1, 0.15) is 32.3 Å². The van der Waals surface area contributed by atoms with Crippen molar-refractivity contribution in [2.75, 3.05) is 40.5 Å². The van der Waals surface area contributed by atoms with Crippen LogP contribution < -0.4 is 10.1 Å². The fourth-order valence-corrected chi connectivity index (χ4v) is 2.07. The van der Waals surface area contributed by atoms with Gasteiger partial charge in [-0.2, -0.15) is 0 Å². The van der Waals surface area contributed by atoms with Gasteiger partial charge in [0.1, 0.15) is 12.4 Å². The fraction of sp³-hybridized carbons (Fsp3) is 0.611. The summed E-state index contributed by atoms with van der Waals surface area (Å²) in [5.41, 5.74) is 1.17. The molecule has 0 bridgehead atoms. The third-order valence-corrected chi connectivity index (χ3v) is 3.43. The van der Waals surface area contributed by atoms with E-state index < -0.39 is 0 Å². The van der Waals surface area contributed by atoms with Crippen LogP contribution in [0.4, 0.5) is 0 Å². The van der Waals surface area contributed by atoms with Crippen LogP contribution in [0.3, 0.4) is 0 Å². The smallest absolute Gasteiger partial charge is 0.193 e. The molecule has 0 aliphatic rings. The van der Waals surface area contributed by atoms with Gasteiger partial charge in [0.2, 0.25) is 0 Å². The number of ether oxygens (including phenoxy) is 2. The van der Waals surface area contributed by atoms with E-state index in [4.69, 9.17) is 14.5 Å². The third-order valence-electron chi connectivity index (χ3n) is 3.43. The molecule has 0 saturated carbocycles. The predicted octanol–water partition coefficient (Wildman–Crippen LogP) is 2.91. The summed E-state index contributed by atoms with van der Waals surface area (Å²) in [6.45, 7) is 8.03. The molecular weight excluding hydrogens is 290 g/mol. The normalized spacial score (nSPS) is 11.4. The summed E-state index contributed by atoms with van der Waals surface area (Å²) < 4.78 is 10.5. The molecule has 1 N–H and O–H groups in total. The maximum absolute atomic E-state index is 5.57. The monoisotopic (exact) mass is 321 g/mol. The molecule has 23 heavy (non-hydrogen) atoms. The highest BCUT2D eigenvalue weighted by Gasteiger charge is 2.04. The highest BCUT2D eigenvalue weighted by molar-refractivity contribution is 5.79. The van der Waals surface area contributed by atoms with Crippen molar-refractivity contribution >= 4 is 5.96 Å². The number of rotatable bonds is 10. The molecule has 1 rings (SSSR count). The molecular formula is C18H31N3O2. The second kappa shape index (κ2) is 11.8. The molecule has 1 aromatic rings. The van der Waals surface area contributed by atoms with E-state index in [1.165, 1.54) is 18.4 Å². The first-order valence-electron chi connectivity index (χ1n) is 8.41. The molecule has 0 atom stereocenters. The van der Waals surface area contributed by atoms with Gasteiger partial charge in [0.15, 0.2) is 5.96 Å². The zero-order chi connectivity index (χ0) is 16.9. The van der Waals surface area contributed by atoms with E-state index in [0.717, 1.165) is 24.8 Å². The summed E-state index contributed by atoms with van der Waals surface area (Å²) in [5.74, 6) is 1.82. The summed E-state index contributed by atoms with van der Waals surface area (Å²) in [6, 6.07) is 8.07. The van der Waals surface area contributed by atoms with Crippen LogP contribution in [0.2, 0.25) is 0 Å². The van der Waals surface area contributed by atoms with Gasteiger partial charge in [-0.3, -0.25) is 0 Å². The van der Waals surface area contributed by atoms with Gasteiger partial charge in [-0.15, -0.1) is 0 Å². The van der Waals surface area contributed by atoms with E-state index in [9.17, 15) is 0 Å². The van der Waals surface area contributed by atoms with Crippen LogP contribution in [0.15, 0.2) is 29.3 Å². The Morgan fingerprint density at radius 2 is 1.91 bits per heavy atom. The number of unbranched alkanes of at least 4 members (excludes halogenated alkanes) is 1. The fourth-order valence-electron chi connectivity index (χ4n) is 2.07. The van der Waals surface area contributed by atoms with Gasteiger partial charge in [-0.05, 0) is 31.0 Å². The molecule has 0 amide bonds. The Kier molecular flexibility index (Phi) is 9.87. The van der Waals surface area contributed by atoms with E-state index >= 15 is 0 Å². The summed E-state index contributed by atoms with van der Waals surface area (Å²) in [5, 5.41) is 3.34. The standard InChI is InChI=1S/C18H31N3O2/c1-5-7-12-21(3)18(19-6-2)20-15-16-8-10-17(11-9-16)23-14-13-22-4/h8-11H,5-7,12-15H2,1-4H3,(H,19,20). The average molecular weight is 321 g/mol. The van der Waals surface area contributed by atoms with Gasteiger partial charge in [0, 0.05) is 27.2 Å². The molecule has 0 heterocycles. The first-order valence-corrected chi connectivity index (χ1v) is 8.41. The molecule has 5 nitrogen and oxygen atoms in total. The van der Waals surface area contributed by atoms with Gasteiger partial charge < -0.3 is 19.7 Å². The molecule has 130 valence electrons. The van der Waals surface area contributed by atoms with E-state index in [1.54, 1.807) is 7.11 Å². The van der Waals surface area contributed by atoms with Gasteiger partial charge in [0.25, 0.3) is 0 Å². The van der Waals surface area contributed by atoms with Crippen molar-refractivity contribution in [1.82, 2.24) is 10.2 Å². The number of aliphatic imine (C=N–C) groups is 1. The van der Waals surface area contributed by atoms with Crippen LogP contribution in [0.5, 0.6) is 5.75 Å². The molecule has 5 heteroatoms. The van der Waals surface area contributed by atoms with Crippen LogP contribution in [-0.4, -0.2) is 51.3 Å². The largest absolute Gasteiger partial charge is 0.491 e. The number of hydrogen-bond donors (Lipinski definition) is 1. The molecule has 0 spiro atoms. The summed E-state index contributed by atoms with van der Waals surface area (Å²) >= 11 is 0. The minimum absolute atomic E-state index is 0.570. The minimum Gasteiger partial charge on any atom is -0.491 e. The first kappa shape index (κ1) is 19.3. The van der Waals surface area contributed by atoms with E-state index in [1.807, 2.05) is 12.1 Å². The van der Waals surface area contributed by atoms with Crippen LogP contribution in [0.25, 0.3) is 0 Å². The minimum atomic E-state index is 0.570. The van der Waals surface area contributed by atoms with Crippen molar-refractivity contribution in [2.45, 2.75) is 33.2 Å². The van der Waals surface area contributed by atoms with Crippen molar-refractivity contribution in [2.24, 2.45) is 4.99 Å². The Morgan fingerprint density at radius 3 is 2.52 bits per heavy atom.